The van der Waals surface area contributed by atoms with Crippen molar-refractivity contribution < 1.29 is 8.78 Å². The predicted molar refractivity (Wildman–Crippen MR) is 50.6 cm³/mol. The van der Waals surface area contributed by atoms with Crippen LogP contribution in [0.25, 0.3) is 0 Å². The van der Waals surface area contributed by atoms with Gasteiger partial charge >= 0.3 is 0 Å². The first kappa shape index (κ1) is 10.5. The van der Waals surface area contributed by atoms with Gasteiger partial charge in [-0.1, -0.05) is 12.1 Å². The SMILES string of the molecule is CC1CC1n1nnc(CCN)c1C(F)F. The van der Waals surface area contributed by atoms with Gasteiger partial charge in [0.05, 0.1) is 11.7 Å². The molecule has 0 aromatic carbocycles. The highest BCUT2D eigenvalue weighted by Crippen LogP contribution is 2.44. The number of nitrogens with two attached hydrogens (primary N) is 1. The summed E-state index contributed by atoms with van der Waals surface area (Å²) >= 11 is 0. The fourth-order valence-electron chi connectivity index (χ4n) is 1.76. The van der Waals surface area contributed by atoms with Gasteiger partial charge in [-0.3, -0.25) is 0 Å². The number of aromatic nitrogens is 3. The molecule has 0 spiro atoms. The third kappa shape index (κ3) is 1.86. The Kier molecular flexibility index (Phi) is 2.68. The smallest absolute Gasteiger partial charge is 0.281 e. The number of halogens is 2. The van der Waals surface area contributed by atoms with Gasteiger partial charge in [-0.2, -0.15) is 0 Å². The van der Waals surface area contributed by atoms with Crippen molar-refractivity contribution in [2.24, 2.45) is 11.7 Å². The molecule has 0 aliphatic heterocycles. The van der Waals surface area contributed by atoms with Crippen LogP contribution >= 0.6 is 0 Å². The van der Waals surface area contributed by atoms with Gasteiger partial charge in [0.25, 0.3) is 6.43 Å². The zero-order valence-electron chi connectivity index (χ0n) is 8.53. The Hall–Kier alpha value is -1.04. The van der Waals surface area contributed by atoms with Gasteiger partial charge in [-0.05, 0) is 18.9 Å². The van der Waals surface area contributed by atoms with Crippen LogP contribution in [0.5, 0.6) is 0 Å². The number of hydrogen-bond donors (Lipinski definition) is 1. The summed E-state index contributed by atoms with van der Waals surface area (Å²) in [5, 5.41) is 7.58. The molecule has 2 rings (SSSR count). The number of alkyl halides is 2. The molecular weight excluding hydrogens is 202 g/mol. The maximum absolute atomic E-state index is 12.8. The molecule has 15 heavy (non-hydrogen) atoms. The van der Waals surface area contributed by atoms with E-state index in [0.29, 0.717) is 24.6 Å². The van der Waals surface area contributed by atoms with E-state index in [1.807, 2.05) is 6.92 Å². The lowest BCUT2D eigenvalue weighted by Crippen LogP contribution is -2.08. The third-order valence-electron chi connectivity index (χ3n) is 2.77. The van der Waals surface area contributed by atoms with Crippen molar-refractivity contribution in [1.82, 2.24) is 15.0 Å². The normalized spacial score (nSPS) is 24.9. The average molecular weight is 216 g/mol. The van der Waals surface area contributed by atoms with Gasteiger partial charge in [0.2, 0.25) is 0 Å². The first-order valence-electron chi connectivity index (χ1n) is 5.07. The minimum atomic E-state index is -2.52. The van der Waals surface area contributed by atoms with Crippen LogP contribution in [0.4, 0.5) is 8.78 Å². The highest BCUT2D eigenvalue weighted by atomic mass is 19.3. The fourth-order valence-corrected chi connectivity index (χ4v) is 1.76. The molecule has 0 saturated heterocycles. The summed E-state index contributed by atoms with van der Waals surface area (Å²) in [6, 6.07) is 0.105. The van der Waals surface area contributed by atoms with Crippen molar-refractivity contribution >= 4 is 0 Å². The highest BCUT2D eigenvalue weighted by Gasteiger charge is 2.39. The van der Waals surface area contributed by atoms with Crippen LogP contribution in [0.3, 0.4) is 0 Å². The second-order valence-electron chi connectivity index (χ2n) is 3.99. The van der Waals surface area contributed by atoms with Gasteiger partial charge in [-0.15, -0.1) is 5.10 Å². The lowest BCUT2D eigenvalue weighted by molar-refractivity contribution is 0.137. The lowest BCUT2D eigenvalue weighted by Gasteiger charge is -2.05. The molecule has 1 heterocycles. The molecule has 4 nitrogen and oxygen atoms in total. The van der Waals surface area contributed by atoms with E-state index in [1.54, 1.807) is 0 Å². The number of nitrogens with zero attached hydrogens (tertiary/aromatic N) is 3. The van der Waals surface area contributed by atoms with E-state index in [2.05, 4.69) is 10.3 Å². The van der Waals surface area contributed by atoms with Gasteiger partial charge < -0.3 is 5.73 Å². The van der Waals surface area contributed by atoms with E-state index < -0.39 is 6.43 Å². The molecule has 6 heteroatoms. The predicted octanol–water partition coefficient (Wildman–Crippen LogP) is 1.30. The Labute approximate surface area is 86.4 Å². The molecule has 1 aliphatic carbocycles. The van der Waals surface area contributed by atoms with Crippen LogP contribution in [0.1, 0.15) is 37.2 Å². The quantitative estimate of drug-likeness (QED) is 0.825. The van der Waals surface area contributed by atoms with Crippen LogP contribution in [-0.4, -0.2) is 21.5 Å². The summed E-state index contributed by atoms with van der Waals surface area (Å²) < 4.78 is 27.0. The van der Waals surface area contributed by atoms with Gasteiger partial charge in [0.15, 0.2) is 0 Å². The molecule has 0 radical (unpaired) electrons. The van der Waals surface area contributed by atoms with Crippen molar-refractivity contribution in [2.45, 2.75) is 32.2 Å². The van der Waals surface area contributed by atoms with Crippen molar-refractivity contribution in [2.75, 3.05) is 6.54 Å². The van der Waals surface area contributed by atoms with Crippen molar-refractivity contribution in [3.63, 3.8) is 0 Å². The standard InChI is InChI=1S/C9H14F2N4/c1-5-4-7(5)15-8(9(10)11)6(2-3-12)13-14-15/h5,7,9H,2-4,12H2,1H3. The molecule has 1 aliphatic rings. The van der Waals surface area contributed by atoms with Crippen LogP contribution in [0.2, 0.25) is 0 Å². The third-order valence-corrected chi connectivity index (χ3v) is 2.77. The Bertz CT molecular complexity index is 350. The van der Waals surface area contributed by atoms with Crippen LogP contribution in [0, 0.1) is 5.92 Å². The maximum atomic E-state index is 12.8. The monoisotopic (exact) mass is 216 g/mol. The van der Waals surface area contributed by atoms with E-state index >= 15 is 0 Å². The van der Waals surface area contributed by atoms with E-state index in [4.69, 9.17) is 5.73 Å². The second kappa shape index (κ2) is 3.84. The lowest BCUT2D eigenvalue weighted by atomic mass is 10.2. The molecule has 0 amide bonds. The summed E-state index contributed by atoms with van der Waals surface area (Å²) in [7, 11) is 0. The van der Waals surface area contributed by atoms with E-state index in [9.17, 15) is 8.78 Å². The Morgan fingerprint density at radius 2 is 2.27 bits per heavy atom. The molecule has 1 fully saturated rings. The Morgan fingerprint density at radius 1 is 1.60 bits per heavy atom. The molecule has 1 aromatic heterocycles. The minimum absolute atomic E-state index is 0.0465. The molecule has 1 aromatic rings. The van der Waals surface area contributed by atoms with Gasteiger partial charge in [0, 0.05) is 6.42 Å². The topological polar surface area (TPSA) is 56.7 Å². The zero-order valence-corrected chi connectivity index (χ0v) is 8.53. The van der Waals surface area contributed by atoms with Gasteiger partial charge in [0.1, 0.15) is 5.69 Å². The van der Waals surface area contributed by atoms with Crippen molar-refractivity contribution in [3.05, 3.63) is 11.4 Å². The molecule has 2 unspecified atom stereocenters. The van der Waals surface area contributed by atoms with Crippen molar-refractivity contribution in [1.29, 1.82) is 0 Å². The van der Waals surface area contributed by atoms with Crippen LogP contribution in [-0.2, 0) is 6.42 Å². The first-order valence-corrected chi connectivity index (χ1v) is 5.07. The fraction of sp³-hybridized carbons (Fsp3) is 0.778. The van der Waals surface area contributed by atoms with Gasteiger partial charge in [-0.25, -0.2) is 13.5 Å². The average Bonchev–Trinajstić information content (AvgIpc) is 2.75. The zero-order chi connectivity index (χ0) is 11.0. The summed E-state index contributed by atoms with van der Waals surface area (Å²) in [6.07, 6.45) is -1.25. The Balaban J connectivity index is 2.29. The van der Waals surface area contributed by atoms with Crippen molar-refractivity contribution in [3.8, 4) is 0 Å². The highest BCUT2D eigenvalue weighted by molar-refractivity contribution is 5.14. The molecule has 0 bridgehead atoms. The molecule has 2 atom stereocenters. The Morgan fingerprint density at radius 3 is 2.73 bits per heavy atom. The largest absolute Gasteiger partial charge is 0.330 e. The number of hydrogen-bond acceptors (Lipinski definition) is 3. The summed E-state index contributed by atoms with van der Waals surface area (Å²) in [6.45, 7) is 2.34. The summed E-state index contributed by atoms with van der Waals surface area (Å²) in [5.41, 5.74) is 5.63. The van der Waals surface area contributed by atoms with Crippen LogP contribution < -0.4 is 5.73 Å². The van der Waals surface area contributed by atoms with Crippen LogP contribution in [0.15, 0.2) is 0 Å². The molecular formula is C9H14F2N4. The van der Waals surface area contributed by atoms with E-state index in [-0.39, 0.29) is 11.7 Å². The molecule has 2 N–H and O–H groups in total. The minimum Gasteiger partial charge on any atom is -0.330 e. The molecule has 1 saturated carbocycles. The number of rotatable bonds is 4. The first-order chi connectivity index (χ1) is 7.15. The maximum Gasteiger partial charge on any atom is 0.281 e. The van der Waals surface area contributed by atoms with E-state index in [0.717, 1.165) is 6.42 Å². The molecule has 84 valence electrons. The summed E-state index contributed by atoms with van der Waals surface area (Å²) in [5.74, 6) is 0.426. The second-order valence-corrected chi connectivity index (χ2v) is 3.99. The van der Waals surface area contributed by atoms with E-state index in [1.165, 1.54) is 4.68 Å². The summed E-state index contributed by atoms with van der Waals surface area (Å²) in [4.78, 5) is 0.